The highest BCUT2D eigenvalue weighted by atomic mass is 31.1. The second kappa shape index (κ2) is 4.90. The minimum atomic E-state index is -1.26. The highest BCUT2D eigenvalue weighted by Crippen LogP contribution is 2.16. The number of rotatable bonds is 4. The van der Waals surface area contributed by atoms with E-state index in [9.17, 15) is 9.13 Å². The Bertz CT molecular complexity index is 152. The molecule has 0 aromatic rings. The van der Waals surface area contributed by atoms with Gasteiger partial charge in [-0.2, -0.15) is 0 Å². The molecule has 2 nitrogen and oxygen atoms in total. The van der Waals surface area contributed by atoms with Gasteiger partial charge in [0, 0.05) is 12.6 Å². The maximum atomic E-state index is 10.5. The molecule has 0 aliphatic carbocycles. The van der Waals surface area contributed by atoms with Gasteiger partial charge in [-0.1, -0.05) is 4.57 Å². The molecule has 52 valence electrons. The summed E-state index contributed by atoms with van der Waals surface area (Å²) in [5.74, 6) is 0. The van der Waals surface area contributed by atoms with E-state index in [1.54, 1.807) is 6.66 Å². The first-order valence-corrected chi connectivity index (χ1v) is 6.28. The van der Waals surface area contributed by atoms with E-state index in [0.717, 1.165) is 6.42 Å². The van der Waals surface area contributed by atoms with Gasteiger partial charge in [0.05, 0.1) is 7.42 Å². The van der Waals surface area contributed by atoms with Crippen molar-refractivity contribution in [2.45, 2.75) is 6.42 Å². The highest BCUT2D eigenvalue weighted by Gasteiger charge is 2.03. The topological polar surface area (TPSA) is 34.1 Å². The summed E-state index contributed by atoms with van der Waals surface area (Å²) in [4.78, 5) is 0. The van der Waals surface area contributed by atoms with Gasteiger partial charge < -0.3 is 0 Å². The van der Waals surface area contributed by atoms with Crippen molar-refractivity contribution in [2.24, 2.45) is 0 Å². The van der Waals surface area contributed by atoms with Crippen LogP contribution in [0.25, 0.3) is 0 Å². The second-order valence-corrected chi connectivity index (χ2v) is 5.02. The van der Waals surface area contributed by atoms with Gasteiger partial charge in [0.25, 0.3) is 0 Å². The van der Waals surface area contributed by atoms with E-state index in [-0.39, 0.29) is 0 Å². The average molecular weight is 165 g/mol. The van der Waals surface area contributed by atoms with E-state index in [1.807, 2.05) is 0 Å². The SMILES string of the molecule is C=P(=O)CCC[P+](C)=O. The zero-order chi connectivity index (χ0) is 7.28. The zero-order valence-electron chi connectivity index (χ0n) is 5.54. The van der Waals surface area contributed by atoms with Crippen molar-refractivity contribution in [3.8, 4) is 0 Å². The molecule has 0 heterocycles. The van der Waals surface area contributed by atoms with Crippen LogP contribution in [0.4, 0.5) is 0 Å². The Morgan fingerprint density at radius 1 is 1.67 bits per heavy atom. The van der Waals surface area contributed by atoms with Crippen LogP contribution in [0, 0.1) is 0 Å². The number of hydrogen-bond acceptors (Lipinski definition) is 2. The fourth-order valence-corrected chi connectivity index (χ4v) is 1.83. The summed E-state index contributed by atoms with van der Waals surface area (Å²) in [6.07, 6.45) is 5.43. The first-order chi connectivity index (χ1) is 4.13. The third-order valence-electron chi connectivity index (χ3n) is 0.881. The second-order valence-electron chi connectivity index (χ2n) is 1.91. The van der Waals surface area contributed by atoms with Gasteiger partial charge in [-0.25, -0.2) is 0 Å². The quantitative estimate of drug-likeness (QED) is 0.597. The molecule has 0 aromatic heterocycles. The molecule has 2 unspecified atom stereocenters. The molecule has 0 N–H and O–H groups in total. The van der Waals surface area contributed by atoms with Crippen molar-refractivity contribution in [2.75, 3.05) is 19.0 Å². The standard InChI is InChI=1S/C5H11O2P2/c1-8(6)4-3-5-9(2)7/h1,3-5H2,2H3/q+1. The summed E-state index contributed by atoms with van der Waals surface area (Å²) in [6.45, 7) is 1.69. The van der Waals surface area contributed by atoms with Crippen LogP contribution < -0.4 is 0 Å². The summed E-state index contributed by atoms with van der Waals surface area (Å²) < 4.78 is 20.8. The molecule has 0 spiro atoms. The van der Waals surface area contributed by atoms with Crippen LogP contribution >= 0.6 is 15.2 Å². The predicted molar refractivity (Wildman–Crippen MR) is 42.6 cm³/mol. The molecule has 0 fully saturated rings. The largest absolute Gasteiger partial charge is 0.335 e. The van der Waals surface area contributed by atoms with Crippen LogP contribution in [-0.2, 0) is 9.13 Å². The third kappa shape index (κ3) is 8.07. The summed E-state index contributed by atoms with van der Waals surface area (Å²) in [6, 6.07) is 0. The minimum absolute atomic E-state index is 0.615. The summed E-state index contributed by atoms with van der Waals surface area (Å²) in [7, 11) is -2.30. The molecule has 0 amide bonds. The maximum absolute atomic E-state index is 10.5. The lowest BCUT2D eigenvalue weighted by atomic mass is 10.6. The molecule has 0 aromatic carbocycles. The van der Waals surface area contributed by atoms with E-state index >= 15 is 0 Å². The molecule has 9 heavy (non-hydrogen) atoms. The van der Waals surface area contributed by atoms with Gasteiger partial charge in [-0.15, -0.1) is 0 Å². The molecule has 0 rings (SSSR count). The Balaban J connectivity index is 3.21. The summed E-state index contributed by atoms with van der Waals surface area (Å²) in [5.41, 5.74) is 0. The minimum Gasteiger partial charge on any atom is -0.283 e. The van der Waals surface area contributed by atoms with Crippen LogP contribution in [-0.4, -0.2) is 25.3 Å². The lowest BCUT2D eigenvalue weighted by Crippen LogP contribution is -1.78. The van der Waals surface area contributed by atoms with Gasteiger partial charge in [0.2, 0.25) is 0 Å². The van der Waals surface area contributed by atoms with Gasteiger partial charge >= 0.3 is 7.80 Å². The van der Waals surface area contributed by atoms with E-state index in [4.69, 9.17) is 0 Å². The predicted octanol–water partition coefficient (Wildman–Crippen LogP) is 2.09. The first kappa shape index (κ1) is 9.07. The number of hydrogen-bond donors (Lipinski definition) is 0. The third-order valence-corrected chi connectivity index (χ3v) is 2.64. The Kier molecular flexibility index (Phi) is 4.94. The smallest absolute Gasteiger partial charge is 0.283 e. The van der Waals surface area contributed by atoms with Gasteiger partial charge in [-0.05, 0) is 6.30 Å². The van der Waals surface area contributed by atoms with Gasteiger partial charge in [0.15, 0.2) is 0 Å². The van der Waals surface area contributed by atoms with E-state index in [2.05, 4.69) is 6.30 Å². The van der Waals surface area contributed by atoms with Crippen molar-refractivity contribution in [3.63, 3.8) is 0 Å². The first-order valence-electron chi connectivity index (χ1n) is 2.76. The van der Waals surface area contributed by atoms with Crippen LogP contribution in [0.15, 0.2) is 0 Å². The van der Waals surface area contributed by atoms with E-state index in [0.29, 0.717) is 12.3 Å². The molecule has 0 bridgehead atoms. The van der Waals surface area contributed by atoms with Crippen LogP contribution in [0.2, 0.25) is 0 Å². The molecule has 0 saturated carbocycles. The lowest BCUT2D eigenvalue weighted by molar-refractivity contribution is 0.589. The van der Waals surface area contributed by atoms with Crippen LogP contribution in [0.3, 0.4) is 0 Å². The van der Waals surface area contributed by atoms with E-state index < -0.39 is 15.2 Å². The van der Waals surface area contributed by atoms with Crippen molar-refractivity contribution in [3.05, 3.63) is 0 Å². The Hall–Kier alpha value is 0.0700. The van der Waals surface area contributed by atoms with Gasteiger partial charge in [0.1, 0.15) is 12.8 Å². The maximum Gasteiger partial charge on any atom is 0.335 e. The Morgan fingerprint density at radius 2 is 2.22 bits per heavy atom. The normalized spacial score (nSPS) is 13.0. The molecular weight excluding hydrogens is 154 g/mol. The van der Waals surface area contributed by atoms with Crippen LogP contribution in [0.5, 0.6) is 0 Å². The van der Waals surface area contributed by atoms with Gasteiger partial charge in [-0.3, -0.25) is 4.57 Å². The van der Waals surface area contributed by atoms with Crippen molar-refractivity contribution in [1.29, 1.82) is 0 Å². The highest BCUT2D eigenvalue weighted by molar-refractivity contribution is 7.44. The molecule has 0 radical (unpaired) electrons. The molecule has 0 aliphatic rings. The van der Waals surface area contributed by atoms with E-state index in [1.165, 1.54) is 0 Å². The molecule has 0 saturated heterocycles. The zero-order valence-corrected chi connectivity index (χ0v) is 7.33. The lowest BCUT2D eigenvalue weighted by Gasteiger charge is -1.80. The average Bonchev–Trinajstić information content (AvgIpc) is 1.63. The Morgan fingerprint density at radius 3 is 2.56 bits per heavy atom. The van der Waals surface area contributed by atoms with Crippen molar-refractivity contribution in [1.82, 2.24) is 0 Å². The molecule has 4 heteroatoms. The van der Waals surface area contributed by atoms with Crippen molar-refractivity contribution < 1.29 is 9.13 Å². The monoisotopic (exact) mass is 165 g/mol. The molecule has 0 aliphatic heterocycles. The molecular formula is C5H11O2P2+. The summed E-state index contributed by atoms with van der Waals surface area (Å²) >= 11 is 0. The van der Waals surface area contributed by atoms with Crippen molar-refractivity contribution >= 4 is 21.5 Å². The molecule has 2 atom stereocenters. The summed E-state index contributed by atoms with van der Waals surface area (Å²) in [5, 5.41) is 0. The fraction of sp³-hybridized carbons (Fsp3) is 0.800. The fourth-order valence-electron chi connectivity index (χ4n) is 0.470. The van der Waals surface area contributed by atoms with Crippen LogP contribution in [0.1, 0.15) is 6.42 Å². The Labute approximate surface area is 56.9 Å².